The predicted molar refractivity (Wildman–Crippen MR) is 61.5 cm³/mol. The van der Waals surface area contributed by atoms with Gasteiger partial charge < -0.3 is 19.9 Å². The number of benzene rings is 1. The maximum atomic E-state index is 11.1. The van der Waals surface area contributed by atoms with E-state index in [0.29, 0.717) is 24.5 Å². The third-order valence-corrected chi connectivity index (χ3v) is 2.48. The van der Waals surface area contributed by atoms with E-state index in [-0.39, 0.29) is 6.79 Å². The molecule has 0 spiro atoms. The SMILES string of the molecule is O=C(O)CC(=O)NCCc1ccc2c(c1)OCO2. The van der Waals surface area contributed by atoms with Gasteiger partial charge in [-0.2, -0.15) is 0 Å². The highest BCUT2D eigenvalue weighted by atomic mass is 16.7. The summed E-state index contributed by atoms with van der Waals surface area (Å²) in [6.45, 7) is 0.625. The van der Waals surface area contributed by atoms with Gasteiger partial charge in [-0.05, 0) is 24.1 Å². The number of carboxylic acid groups (broad SMARTS) is 1. The van der Waals surface area contributed by atoms with E-state index < -0.39 is 18.3 Å². The van der Waals surface area contributed by atoms with Crippen LogP contribution in [0.15, 0.2) is 18.2 Å². The second-order valence-corrected chi connectivity index (χ2v) is 3.86. The van der Waals surface area contributed by atoms with Gasteiger partial charge in [0.15, 0.2) is 11.5 Å². The highest BCUT2D eigenvalue weighted by molar-refractivity contribution is 5.93. The maximum Gasteiger partial charge on any atom is 0.312 e. The Morgan fingerprint density at radius 3 is 2.83 bits per heavy atom. The molecule has 2 rings (SSSR count). The Kier molecular flexibility index (Phi) is 3.66. The molecule has 1 amide bonds. The van der Waals surface area contributed by atoms with Crippen LogP contribution in [-0.4, -0.2) is 30.3 Å². The number of hydrogen-bond donors (Lipinski definition) is 2. The fraction of sp³-hybridized carbons (Fsp3) is 0.333. The number of carbonyl (C=O) groups is 2. The first kappa shape index (κ1) is 12.2. The number of ether oxygens (including phenoxy) is 2. The van der Waals surface area contributed by atoms with E-state index in [1.807, 2.05) is 18.2 Å². The fourth-order valence-corrected chi connectivity index (χ4v) is 1.64. The molecule has 1 aromatic rings. The van der Waals surface area contributed by atoms with E-state index in [0.717, 1.165) is 5.56 Å². The van der Waals surface area contributed by atoms with Crippen molar-refractivity contribution in [3.05, 3.63) is 23.8 Å². The van der Waals surface area contributed by atoms with Gasteiger partial charge in [0.05, 0.1) is 0 Å². The Bertz CT molecular complexity index is 472. The van der Waals surface area contributed by atoms with Crippen molar-refractivity contribution in [2.24, 2.45) is 0 Å². The van der Waals surface area contributed by atoms with Gasteiger partial charge in [0.25, 0.3) is 0 Å². The van der Waals surface area contributed by atoms with Crippen LogP contribution in [0.1, 0.15) is 12.0 Å². The summed E-state index contributed by atoms with van der Waals surface area (Å²) in [5.41, 5.74) is 0.995. The number of amides is 1. The Morgan fingerprint density at radius 1 is 1.28 bits per heavy atom. The van der Waals surface area contributed by atoms with Crippen molar-refractivity contribution in [1.29, 1.82) is 0 Å². The molecule has 0 atom stereocenters. The normalized spacial score (nSPS) is 12.2. The lowest BCUT2D eigenvalue weighted by Gasteiger charge is -2.04. The summed E-state index contributed by atoms with van der Waals surface area (Å²) < 4.78 is 10.4. The average Bonchev–Trinajstić information content (AvgIpc) is 2.75. The average molecular weight is 251 g/mol. The second-order valence-electron chi connectivity index (χ2n) is 3.86. The molecule has 1 aliphatic heterocycles. The first-order valence-corrected chi connectivity index (χ1v) is 5.52. The smallest absolute Gasteiger partial charge is 0.312 e. The molecule has 0 unspecified atom stereocenters. The van der Waals surface area contributed by atoms with E-state index in [9.17, 15) is 9.59 Å². The minimum atomic E-state index is -1.13. The van der Waals surface area contributed by atoms with E-state index in [4.69, 9.17) is 14.6 Å². The zero-order valence-corrected chi connectivity index (χ0v) is 9.64. The van der Waals surface area contributed by atoms with Gasteiger partial charge in [0, 0.05) is 6.54 Å². The highest BCUT2D eigenvalue weighted by Gasteiger charge is 2.13. The van der Waals surface area contributed by atoms with Crippen LogP contribution >= 0.6 is 0 Å². The zero-order valence-electron chi connectivity index (χ0n) is 9.64. The molecule has 6 heteroatoms. The van der Waals surface area contributed by atoms with Crippen molar-refractivity contribution in [3.8, 4) is 11.5 Å². The molecule has 1 heterocycles. The lowest BCUT2D eigenvalue weighted by atomic mass is 10.1. The van der Waals surface area contributed by atoms with E-state index in [1.165, 1.54) is 0 Å². The summed E-state index contributed by atoms with van der Waals surface area (Å²) in [4.78, 5) is 21.4. The van der Waals surface area contributed by atoms with Crippen LogP contribution in [0.25, 0.3) is 0 Å². The van der Waals surface area contributed by atoms with Crippen LogP contribution in [0, 0.1) is 0 Å². The van der Waals surface area contributed by atoms with Crippen LogP contribution in [0.2, 0.25) is 0 Å². The minimum absolute atomic E-state index is 0.230. The van der Waals surface area contributed by atoms with Gasteiger partial charge in [-0.25, -0.2) is 0 Å². The third kappa shape index (κ3) is 3.13. The van der Waals surface area contributed by atoms with Crippen molar-refractivity contribution < 1.29 is 24.2 Å². The van der Waals surface area contributed by atoms with Crippen LogP contribution in [0.3, 0.4) is 0 Å². The van der Waals surface area contributed by atoms with Crippen LogP contribution < -0.4 is 14.8 Å². The van der Waals surface area contributed by atoms with Crippen LogP contribution in [0.4, 0.5) is 0 Å². The molecule has 96 valence electrons. The van der Waals surface area contributed by atoms with E-state index >= 15 is 0 Å². The molecule has 0 bridgehead atoms. The van der Waals surface area contributed by atoms with E-state index in [2.05, 4.69) is 5.32 Å². The number of carbonyl (C=O) groups excluding carboxylic acids is 1. The lowest BCUT2D eigenvalue weighted by Crippen LogP contribution is -2.27. The number of rotatable bonds is 5. The molecule has 1 aromatic carbocycles. The van der Waals surface area contributed by atoms with Gasteiger partial charge in [0.1, 0.15) is 6.42 Å². The number of fused-ring (bicyclic) bond motifs is 1. The molecule has 0 aromatic heterocycles. The van der Waals surface area contributed by atoms with Gasteiger partial charge in [-0.3, -0.25) is 9.59 Å². The van der Waals surface area contributed by atoms with Crippen LogP contribution in [-0.2, 0) is 16.0 Å². The number of aliphatic carboxylic acids is 1. The van der Waals surface area contributed by atoms with Crippen molar-refractivity contribution in [1.82, 2.24) is 5.32 Å². The van der Waals surface area contributed by atoms with E-state index in [1.54, 1.807) is 0 Å². The molecule has 0 aliphatic carbocycles. The van der Waals surface area contributed by atoms with Gasteiger partial charge in [-0.15, -0.1) is 0 Å². The maximum absolute atomic E-state index is 11.1. The van der Waals surface area contributed by atoms with Crippen LogP contribution in [0.5, 0.6) is 11.5 Å². The summed E-state index contributed by atoms with van der Waals surface area (Å²) in [6.07, 6.45) is 0.114. The summed E-state index contributed by atoms with van der Waals surface area (Å²) in [7, 11) is 0. The Morgan fingerprint density at radius 2 is 2.06 bits per heavy atom. The molecule has 0 fully saturated rings. The predicted octanol–water partition coefficient (Wildman–Crippen LogP) is 0.549. The van der Waals surface area contributed by atoms with Gasteiger partial charge in [-0.1, -0.05) is 6.07 Å². The Balaban J connectivity index is 1.80. The number of hydrogen-bond acceptors (Lipinski definition) is 4. The second kappa shape index (κ2) is 5.39. The summed E-state index contributed by atoms with van der Waals surface area (Å²) in [5.74, 6) is -0.197. The number of nitrogens with one attached hydrogen (secondary N) is 1. The molecular weight excluding hydrogens is 238 g/mol. The van der Waals surface area contributed by atoms with Crippen molar-refractivity contribution >= 4 is 11.9 Å². The van der Waals surface area contributed by atoms with Gasteiger partial charge >= 0.3 is 5.97 Å². The lowest BCUT2D eigenvalue weighted by molar-refractivity contribution is -0.140. The molecule has 2 N–H and O–H groups in total. The van der Waals surface area contributed by atoms with Crippen molar-refractivity contribution in [2.45, 2.75) is 12.8 Å². The van der Waals surface area contributed by atoms with Crippen molar-refractivity contribution in [2.75, 3.05) is 13.3 Å². The first-order valence-electron chi connectivity index (χ1n) is 5.52. The molecule has 6 nitrogen and oxygen atoms in total. The molecular formula is C12H13NO5. The molecule has 18 heavy (non-hydrogen) atoms. The monoisotopic (exact) mass is 251 g/mol. The molecule has 1 aliphatic rings. The first-order chi connectivity index (χ1) is 8.65. The molecule has 0 saturated carbocycles. The van der Waals surface area contributed by atoms with Gasteiger partial charge in [0.2, 0.25) is 12.7 Å². The summed E-state index contributed by atoms with van der Waals surface area (Å²) >= 11 is 0. The molecule has 0 radical (unpaired) electrons. The highest BCUT2D eigenvalue weighted by Crippen LogP contribution is 2.32. The Labute approximate surface area is 104 Å². The topological polar surface area (TPSA) is 84.9 Å². The largest absolute Gasteiger partial charge is 0.481 e. The summed E-state index contributed by atoms with van der Waals surface area (Å²) in [5, 5.41) is 11.0. The Hall–Kier alpha value is -2.24. The fourth-order valence-electron chi connectivity index (χ4n) is 1.64. The summed E-state index contributed by atoms with van der Waals surface area (Å²) in [6, 6.07) is 5.55. The van der Waals surface area contributed by atoms with Crippen molar-refractivity contribution in [3.63, 3.8) is 0 Å². The zero-order chi connectivity index (χ0) is 13.0. The quantitative estimate of drug-likeness (QED) is 0.746. The standard InChI is InChI=1S/C12H13NO5/c14-11(6-12(15)16)13-4-3-8-1-2-9-10(5-8)18-7-17-9/h1-2,5H,3-4,6-7H2,(H,13,14)(H,15,16). The third-order valence-electron chi connectivity index (χ3n) is 2.48. The minimum Gasteiger partial charge on any atom is -0.481 e. The molecule has 0 saturated heterocycles. The number of carboxylic acids is 1.